The van der Waals surface area contributed by atoms with Gasteiger partial charge in [-0.2, -0.15) is 0 Å². The van der Waals surface area contributed by atoms with E-state index in [1.807, 2.05) is 0 Å². The number of amides is 2. The van der Waals surface area contributed by atoms with Gasteiger partial charge in [-0.25, -0.2) is 4.39 Å². The van der Waals surface area contributed by atoms with Crippen LogP contribution in [0.1, 0.15) is 25.7 Å². The summed E-state index contributed by atoms with van der Waals surface area (Å²) in [6.45, 7) is 0.644. The largest absolute Gasteiger partial charge is 0.389 e. The molecule has 4 rings (SSSR count). The van der Waals surface area contributed by atoms with E-state index in [0.717, 1.165) is 12.8 Å². The Morgan fingerprint density at radius 2 is 2.10 bits per heavy atom. The van der Waals surface area contributed by atoms with Crippen LogP contribution in [0.5, 0.6) is 0 Å². The van der Waals surface area contributed by atoms with Gasteiger partial charge in [-0.05, 0) is 25.7 Å². The van der Waals surface area contributed by atoms with Crippen molar-refractivity contribution in [3.8, 4) is 0 Å². The zero-order chi connectivity index (χ0) is 13.9. The van der Waals surface area contributed by atoms with Gasteiger partial charge >= 0.3 is 0 Å². The van der Waals surface area contributed by atoms with Crippen molar-refractivity contribution in [2.75, 3.05) is 13.1 Å². The molecular weight excluding hydrogens is 265 g/mol. The van der Waals surface area contributed by atoms with E-state index in [1.54, 1.807) is 0 Å². The van der Waals surface area contributed by atoms with E-state index in [2.05, 4.69) is 10.5 Å². The number of likely N-dealkylation sites (tertiary alicyclic amines) is 1. The summed E-state index contributed by atoms with van der Waals surface area (Å²) in [5.41, 5.74) is -1.31. The van der Waals surface area contributed by atoms with Crippen molar-refractivity contribution in [2.45, 2.75) is 43.5 Å². The van der Waals surface area contributed by atoms with E-state index >= 15 is 0 Å². The van der Waals surface area contributed by atoms with Crippen molar-refractivity contribution in [3.05, 3.63) is 0 Å². The summed E-state index contributed by atoms with van der Waals surface area (Å²) in [6.07, 6.45) is 2.32. The van der Waals surface area contributed by atoms with Gasteiger partial charge in [-0.15, -0.1) is 0 Å². The van der Waals surface area contributed by atoms with Gasteiger partial charge in [0.2, 0.25) is 0 Å². The highest BCUT2D eigenvalue weighted by molar-refractivity contribution is 6.40. The molecule has 0 bridgehead atoms. The summed E-state index contributed by atoms with van der Waals surface area (Å²) < 4.78 is 13.8. The molecule has 0 spiro atoms. The minimum Gasteiger partial charge on any atom is -0.389 e. The molecule has 2 heterocycles. The van der Waals surface area contributed by atoms with Gasteiger partial charge in [-0.1, -0.05) is 5.16 Å². The molecule has 2 atom stereocenters. The predicted molar refractivity (Wildman–Crippen MR) is 66.6 cm³/mol. The van der Waals surface area contributed by atoms with Crippen molar-refractivity contribution in [1.82, 2.24) is 10.2 Å². The second-order valence-corrected chi connectivity index (χ2v) is 6.15. The molecule has 3 fully saturated rings. The van der Waals surface area contributed by atoms with Crippen molar-refractivity contribution in [2.24, 2.45) is 11.1 Å². The summed E-state index contributed by atoms with van der Waals surface area (Å²) in [4.78, 5) is 30.7. The molecule has 0 aromatic heterocycles. The van der Waals surface area contributed by atoms with Crippen molar-refractivity contribution in [1.29, 1.82) is 0 Å². The number of hydrogen-bond acceptors (Lipinski definition) is 4. The maximum Gasteiger partial charge on any atom is 0.269 e. The van der Waals surface area contributed by atoms with Crippen molar-refractivity contribution in [3.63, 3.8) is 0 Å². The topological polar surface area (TPSA) is 71.0 Å². The molecule has 4 aliphatic rings. The van der Waals surface area contributed by atoms with Gasteiger partial charge in [0, 0.05) is 12.6 Å². The summed E-state index contributed by atoms with van der Waals surface area (Å²) in [5, 5.41) is 6.71. The third kappa shape index (κ3) is 1.87. The van der Waals surface area contributed by atoms with Crippen molar-refractivity contribution < 1.29 is 18.8 Å². The molecule has 20 heavy (non-hydrogen) atoms. The highest BCUT2D eigenvalue weighted by Gasteiger charge is 2.56. The van der Waals surface area contributed by atoms with Crippen LogP contribution in [0.25, 0.3) is 0 Å². The Morgan fingerprint density at radius 1 is 1.35 bits per heavy atom. The van der Waals surface area contributed by atoms with Gasteiger partial charge in [0.15, 0.2) is 17.5 Å². The number of hydrogen-bond donors (Lipinski definition) is 1. The third-order valence-corrected chi connectivity index (χ3v) is 4.41. The first-order valence-electron chi connectivity index (χ1n) is 7.10. The van der Waals surface area contributed by atoms with Crippen LogP contribution >= 0.6 is 0 Å². The Kier molecular flexibility index (Phi) is 2.38. The number of carbonyl (C=O) groups excluding carboxylic acids is 2. The van der Waals surface area contributed by atoms with Crippen LogP contribution in [-0.4, -0.2) is 53.3 Å². The third-order valence-electron chi connectivity index (χ3n) is 4.41. The van der Waals surface area contributed by atoms with Gasteiger partial charge in [0.25, 0.3) is 11.8 Å². The summed E-state index contributed by atoms with van der Waals surface area (Å²) in [5.74, 6) is -0.895. The van der Waals surface area contributed by atoms with Crippen molar-refractivity contribution >= 4 is 17.5 Å². The van der Waals surface area contributed by atoms with Crippen LogP contribution in [0.3, 0.4) is 0 Å². The van der Waals surface area contributed by atoms with Gasteiger partial charge in [0.1, 0.15) is 0 Å². The number of fused-ring (bicyclic) bond motifs is 1. The fraction of sp³-hybridized carbons (Fsp3) is 0.769. The quantitative estimate of drug-likeness (QED) is 0.790. The fourth-order valence-corrected chi connectivity index (χ4v) is 2.81. The highest BCUT2D eigenvalue weighted by Crippen LogP contribution is 2.43. The second-order valence-electron chi connectivity index (χ2n) is 6.15. The van der Waals surface area contributed by atoms with Gasteiger partial charge in [-0.3, -0.25) is 9.59 Å². The Bertz CT molecular complexity index is 513. The number of halogens is 1. The zero-order valence-electron chi connectivity index (χ0n) is 11.0. The average Bonchev–Trinajstić information content (AvgIpc) is 3.28. The van der Waals surface area contributed by atoms with Crippen LogP contribution in [0.4, 0.5) is 4.39 Å². The Balaban J connectivity index is 1.43. The molecule has 0 radical (unpaired) electrons. The molecule has 0 aromatic rings. The van der Waals surface area contributed by atoms with E-state index in [1.165, 1.54) is 4.90 Å². The molecule has 2 aliphatic carbocycles. The van der Waals surface area contributed by atoms with Crippen LogP contribution in [0.15, 0.2) is 5.16 Å². The Labute approximate surface area is 115 Å². The lowest BCUT2D eigenvalue weighted by Crippen LogP contribution is -2.40. The van der Waals surface area contributed by atoms with Gasteiger partial charge in [0.05, 0.1) is 12.5 Å². The first-order valence-corrected chi connectivity index (χ1v) is 7.10. The summed E-state index contributed by atoms with van der Waals surface area (Å²) in [7, 11) is 0. The molecule has 0 unspecified atom stereocenters. The molecular formula is C13H16FN3O3. The minimum atomic E-state index is -1.66. The second kappa shape index (κ2) is 3.93. The predicted octanol–water partition coefficient (Wildman–Crippen LogP) is -0.0197. The SMILES string of the molecule is O=C(NC1CC1)C1=NO[C@@H]2CN(C(=O)C3(F)CC3)C[C@H]12. The van der Waals surface area contributed by atoms with Crippen LogP contribution < -0.4 is 5.32 Å². The number of carbonyl (C=O) groups is 2. The molecule has 2 saturated carbocycles. The summed E-state index contributed by atoms with van der Waals surface area (Å²) in [6, 6.07) is 0.254. The molecule has 7 heteroatoms. The van der Waals surface area contributed by atoms with Crippen LogP contribution in [-0.2, 0) is 14.4 Å². The number of alkyl halides is 1. The van der Waals surface area contributed by atoms with E-state index in [9.17, 15) is 14.0 Å². The number of nitrogens with one attached hydrogen (secondary N) is 1. The van der Waals surface area contributed by atoms with E-state index in [0.29, 0.717) is 31.6 Å². The molecule has 1 saturated heterocycles. The Hall–Kier alpha value is -1.66. The molecule has 1 N–H and O–H groups in total. The Morgan fingerprint density at radius 3 is 2.75 bits per heavy atom. The monoisotopic (exact) mass is 281 g/mol. The lowest BCUT2D eigenvalue weighted by atomic mass is 10.0. The molecule has 2 aliphatic heterocycles. The first-order chi connectivity index (χ1) is 9.57. The van der Waals surface area contributed by atoms with Crippen LogP contribution in [0, 0.1) is 5.92 Å². The normalized spacial score (nSPS) is 33.2. The maximum atomic E-state index is 13.8. The molecule has 6 nitrogen and oxygen atoms in total. The summed E-state index contributed by atoms with van der Waals surface area (Å²) >= 11 is 0. The minimum absolute atomic E-state index is 0.212. The number of oxime groups is 1. The number of nitrogens with zero attached hydrogens (tertiary/aromatic N) is 2. The lowest BCUT2D eigenvalue weighted by molar-refractivity contribution is -0.137. The molecule has 0 aromatic carbocycles. The zero-order valence-corrected chi connectivity index (χ0v) is 11.0. The molecule has 2 amide bonds. The number of rotatable bonds is 3. The van der Waals surface area contributed by atoms with Crippen LogP contribution in [0.2, 0.25) is 0 Å². The fourth-order valence-electron chi connectivity index (χ4n) is 2.81. The van der Waals surface area contributed by atoms with E-state index in [4.69, 9.17) is 4.84 Å². The smallest absolute Gasteiger partial charge is 0.269 e. The standard InChI is InChI=1S/C13H16FN3O3/c14-13(3-4-13)12(19)17-5-8-9(6-17)20-16-10(8)11(18)15-7-1-2-7/h7-9H,1-6H2,(H,15,18)/t8-,9+/m0/s1. The maximum absolute atomic E-state index is 13.8. The van der Waals surface area contributed by atoms with E-state index < -0.39 is 11.6 Å². The highest BCUT2D eigenvalue weighted by atomic mass is 19.1. The molecule has 108 valence electrons. The van der Waals surface area contributed by atoms with E-state index in [-0.39, 0.29) is 24.0 Å². The lowest BCUT2D eigenvalue weighted by Gasteiger charge is -2.18. The van der Waals surface area contributed by atoms with Gasteiger partial charge < -0.3 is 15.1 Å². The average molecular weight is 281 g/mol. The first kappa shape index (κ1) is 12.1.